The van der Waals surface area contributed by atoms with Gasteiger partial charge in [0.2, 0.25) is 0 Å². The molecule has 96 valence electrons. The van der Waals surface area contributed by atoms with Crippen LogP contribution in [0.15, 0.2) is 16.7 Å². The monoisotopic (exact) mass is 328 g/mol. The molecule has 0 bridgehead atoms. The van der Waals surface area contributed by atoms with E-state index < -0.39 is 0 Å². The van der Waals surface area contributed by atoms with E-state index in [1.807, 2.05) is 4.90 Å². The highest BCUT2D eigenvalue weighted by Gasteiger charge is 2.45. The Morgan fingerprint density at radius 1 is 1.33 bits per heavy atom. The number of aromatic nitrogens is 1. The molecular weight excluding hydrogens is 316 g/mol. The van der Waals surface area contributed by atoms with Crippen molar-refractivity contribution in [2.24, 2.45) is 5.41 Å². The van der Waals surface area contributed by atoms with Gasteiger partial charge in [-0.1, -0.05) is 11.6 Å². The van der Waals surface area contributed by atoms with E-state index in [1.165, 1.54) is 12.8 Å². The first-order chi connectivity index (χ1) is 8.60. The van der Waals surface area contributed by atoms with Crippen LogP contribution in [0.25, 0.3) is 0 Å². The Kier molecular flexibility index (Phi) is 3.10. The van der Waals surface area contributed by atoms with E-state index in [4.69, 9.17) is 11.6 Å². The highest BCUT2D eigenvalue weighted by molar-refractivity contribution is 9.10. The first-order valence-corrected chi connectivity index (χ1v) is 7.37. The quantitative estimate of drug-likeness (QED) is 0.790. The molecule has 5 heteroatoms. The molecule has 3 nitrogen and oxygen atoms in total. The number of nitrogens with zero attached hydrogens (tertiary/aromatic N) is 2. The third kappa shape index (κ3) is 2.28. The van der Waals surface area contributed by atoms with E-state index >= 15 is 0 Å². The van der Waals surface area contributed by atoms with Crippen LogP contribution >= 0.6 is 27.5 Å². The van der Waals surface area contributed by atoms with Gasteiger partial charge in [0.05, 0.1) is 5.02 Å². The van der Waals surface area contributed by atoms with Crippen molar-refractivity contribution in [3.63, 3.8) is 0 Å². The van der Waals surface area contributed by atoms with Crippen LogP contribution in [0.3, 0.4) is 0 Å². The molecule has 0 atom stereocenters. The summed E-state index contributed by atoms with van der Waals surface area (Å²) in [6.07, 6.45) is 6.56. The lowest BCUT2D eigenvalue weighted by atomic mass is 9.93. The smallest absolute Gasteiger partial charge is 0.273 e. The van der Waals surface area contributed by atoms with Crippen LogP contribution in [0.2, 0.25) is 5.02 Å². The zero-order valence-corrected chi connectivity index (χ0v) is 12.3. The van der Waals surface area contributed by atoms with Crippen LogP contribution in [-0.4, -0.2) is 28.9 Å². The van der Waals surface area contributed by atoms with Gasteiger partial charge in [-0.3, -0.25) is 4.79 Å². The van der Waals surface area contributed by atoms with Gasteiger partial charge in [-0.05, 0) is 53.1 Å². The van der Waals surface area contributed by atoms with Crippen molar-refractivity contribution >= 4 is 33.4 Å². The second-order valence-electron chi connectivity index (χ2n) is 5.28. The van der Waals surface area contributed by atoms with Crippen LogP contribution in [0, 0.1) is 5.41 Å². The first kappa shape index (κ1) is 12.4. The Balaban J connectivity index is 1.74. The standard InChI is InChI=1S/C13H14BrClN2O/c14-9-7-10(15)11(16-8-9)12(18)17-5-3-13(1-2-13)4-6-17/h7-8H,1-6H2. The second kappa shape index (κ2) is 4.49. The third-order valence-electron chi connectivity index (χ3n) is 4.08. The number of amides is 1. The summed E-state index contributed by atoms with van der Waals surface area (Å²) in [6.45, 7) is 1.68. The average Bonchev–Trinajstić information content (AvgIpc) is 3.09. The summed E-state index contributed by atoms with van der Waals surface area (Å²) in [5.41, 5.74) is 0.944. The van der Waals surface area contributed by atoms with Crippen molar-refractivity contribution in [2.45, 2.75) is 25.7 Å². The molecule has 1 saturated heterocycles. The number of carbonyl (C=O) groups excluding carboxylic acids is 1. The Morgan fingerprint density at radius 2 is 2.00 bits per heavy atom. The number of likely N-dealkylation sites (tertiary alicyclic amines) is 1. The van der Waals surface area contributed by atoms with Crippen molar-refractivity contribution in [3.8, 4) is 0 Å². The summed E-state index contributed by atoms with van der Waals surface area (Å²) in [4.78, 5) is 18.3. The molecule has 1 saturated carbocycles. The molecule has 0 radical (unpaired) electrons. The maximum Gasteiger partial charge on any atom is 0.273 e. The summed E-state index contributed by atoms with van der Waals surface area (Å²) >= 11 is 9.36. The molecular formula is C13H14BrClN2O. The maximum absolute atomic E-state index is 12.3. The number of pyridine rings is 1. The Hall–Kier alpha value is -0.610. The lowest BCUT2D eigenvalue weighted by molar-refractivity contribution is 0.0673. The van der Waals surface area contributed by atoms with E-state index in [0.29, 0.717) is 16.1 Å². The van der Waals surface area contributed by atoms with Gasteiger partial charge in [0.25, 0.3) is 5.91 Å². The lowest BCUT2D eigenvalue weighted by Crippen LogP contribution is -2.39. The van der Waals surface area contributed by atoms with Crippen molar-refractivity contribution in [2.75, 3.05) is 13.1 Å². The molecule has 3 rings (SSSR count). The normalized spacial score (nSPS) is 21.1. The van der Waals surface area contributed by atoms with Gasteiger partial charge in [-0.2, -0.15) is 0 Å². The van der Waals surface area contributed by atoms with E-state index in [9.17, 15) is 4.79 Å². The van der Waals surface area contributed by atoms with E-state index in [1.54, 1.807) is 12.3 Å². The summed E-state index contributed by atoms with van der Waals surface area (Å²) in [5.74, 6) is -0.0389. The lowest BCUT2D eigenvalue weighted by Gasteiger charge is -2.32. The van der Waals surface area contributed by atoms with Crippen LogP contribution < -0.4 is 0 Å². The number of halogens is 2. The number of hydrogen-bond acceptors (Lipinski definition) is 2. The molecule has 1 aromatic rings. The summed E-state index contributed by atoms with van der Waals surface area (Å²) < 4.78 is 0.791. The second-order valence-corrected chi connectivity index (χ2v) is 6.60. The Bertz CT molecular complexity index is 492. The number of hydrogen-bond donors (Lipinski definition) is 0. The van der Waals surface area contributed by atoms with Gasteiger partial charge in [0, 0.05) is 23.8 Å². The molecule has 2 heterocycles. The molecule has 1 spiro atoms. The molecule has 1 aliphatic heterocycles. The van der Waals surface area contributed by atoms with Gasteiger partial charge in [0.1, 0.15) is 5.69 Å². The molecule has 0 aromatic carbocycles. The van der Waals surface area contributed by atoms with Gasteiger partial charge in [-0.25, -0.2) is 4.98 Å². The fraction of sp³-hybridized carbons (Fsp3) is 0.538. The molecule has 0 N–H and O–H groups in total. The predicted octanol–water partition coefficient (Wildman–Crippen LogP) is 3.51. The van der Waals surface area contributed by atoms with Crippen LogP contribution in [0.4, 0.5) is 0 Å². The zero-order chi connectivity index (χ0) is 12.8. The molecule has 18 heavy (non-hydrogen) atoms. The van der Waals surface area contributed by atoms with Crippen LogP contribution in [0.5, 0.6) is 0 Å². The SMILES string of the molecule is O=C(c1ncc(Br)cc1Cl)N1CCC2(CC1)CC2. The summed E-state index contributed by atoms with van der Waals surface area (Å²) in [6, 6.07) is 1.72. The maximum atomic E-state index is 12.3. The van der Waals surface area contributed by atoms with Gasteiger partial charge < -0.3 is 4.90 Å². The van der Waals surface area contributed by atoms with Gasteiger partial charge in [-0.15, -0.1) is 0 Å². The van der Waals surface area contributed by atoms with Gasteiger partial charge in [0.15, 0.2) is 0 Å². The predicted molar refractivity (Wildman–Crippen MR) is 73.8 cm³/mol. The fourth-order valence-corrected chi connectivity index (χ4v) is 3.29. The first-order valence-electron chi connectivity index (χ1n) is 6.20. The van der Waals surface area contributed by atoms with Crippen LogP contribution in [0.1, 0.15) is 36.2 Å². The average molecular weight is 330 g/mol. The molecule has 1 amide bonds. The largest absolute Gasteiger partial charge is 0.337 e. The highest BCUT2D eigenvalue weighted by atomic mass is 79.9. The Labute approximate surface area is 120 Å². The Morgan fingerprint density at radius 3 is 2.56 bits per heavy atom. The molecule has 2 aliphatic rings. The molecule has 0 unspecified atom stereocenters. The highest BCUT2D eigenvalue weighted by Crippen LogP contribution is 2.53. The minimum atomic E-state index is -0.0389. The zero-order valence-electron chi connectivity index (χ0n) is 9.96. The fourth-order valence-electron chi connectivity index (χ4n) is 2.58. The van der Waals surface area contributed by atoms with Crippen LogP contribution in [-0.2, 0) is 0 Å². The third-order valence-corrected chi connectivity index (χ3v) is 4.80. The van der Waals surface area contributed by atoms with Crippen molar-refractivity contribution in [1.29, 1.82) is 0 Å². The molecule has 2 fully saturated rings. The molecule has 1 aliphatic carbocycles. The number of carbonyl (C=O) groups is 1. The van der Waals surface area contributed by atoms with Gasteiger partial charge >= 0.3 is 0 Å². The van der Waals surface area contributed by atoms with E-state index in [0.717, 1.165) is 30.4 Å². The van der Waals surface area contributed by atoms with Crippen molar-refractivity contribution < 1.29 is 4.79 Å². The van der Waals surface area contributed by atoms with Crippen molar-refractivity contribution in [1.82, 2.24) is 9.88 Å². The van der Waals surface area contributed by atoms with E-state index in [2.05, 4.69) is 20.9 Å². The van der Waals surface area contributed by atoms with E-state index in [-0.39, 0.29) is 5.91 Å². The minimum absolute atomic E-state index is 0.0389. The van der Waals surface area contributed by atoms with Crippen molar-refractivity contribution in [3.05, 3.63) is 27.5 Å². The topological polar surface area (TPSA) is 33.2 Å². The number of piperidine rings is 1. The summed E-state index contributed by atoms with van der Waals surface area (Å²) in [5, 5.41) is 0.418. The number of rotatable bonds is 1. The minimum Gasteiger partial charge on any atom is -0.337 e. The summed E-state index contributed by atoms with van der Waals surface area (Å²) in [7, 11) is 0. The molecule has 1 aromatic heterocycles.